The number of esters is 1. The summed E-state index contributed by atoms with van der Waals surface area (Å²) in [5.41, 5.74) is 5.09. The van der Waals surface area contributed by atoms with Crippen molar-refractivity contribution in [1.29, 1.82) is 0 Å². The zero-order chi connectivity index (χ0) is 25.4. The van der Waals surface area contributed by atoms with Crippen molar-refractivity contribution >= 4 is 29.1 Å². The summed E-state index contributed by atoms with van der Waals surface area (Å²) in [6.45, 7) is 2.10. The number of hydrogen-bond acceptors (Lipinski definition) is 6. The molecule has 0 fully saturated rings. The second-order valence-electron chi connectivity index (χ2n) is 8.56. The van der Waals surface area contributed by atoms with Gasteiger partial charge in [0.2, 0.25) is 0 Å². The highest BCUT2D eigenvalue weighted by Gasteiger charge is 2.43. The molecule has 1 N–H and O–H groups in total. The van der Waals surface area contributed by atoms with Crippen molar-refractivity contribution in [2.45, 2.75) is 19.4 Å². The van der Waals surface area contributed by atoms with E-state index in [1.807, 2.05) is 48.5 Å². The first kappa shape index (κ1) is 23.7. The summed E-state index contributed by atoms with van der Waals surface area (Å²) in [4.78, 5) is 26.5. The molecule has 0 bridgehead atoms. The molecule has 0 saturated heterocycles. The Hall–Kier alpha value is -4.03. The number of nitrogens with one attached hydrogen (secondary N) is 1. The van der Waals surface area contributed by atoms with E-state index in [0.717, 1.165) is 11.1 Å². The molecule has 1 atom stereocenters. The number of rotatable bonds is 6. The van der Waals surface area contributed by atoms with Crippen molar-refractivity contribution in [3.8, 4) is 11.5 Å². The van der Waals surface area contributed by atoms with Gasteiger partial charge in [-0.2, -0.15) is 0 Å². The molecule has 6 nitrogen and oxygen atoms in total. The Labute approximate surface area is 214 Å². The van der Waals surface area contributed by atoms with E-state index < -0.39 is 11.9 Å². The number of hydrogen-bond donors (Lipinski definition) is 1. The Morgan fingerprint density at radius 3 is 2.39 bits per heavy atom. The SMILES string of the molecule is COC(=O)C1=C(C)NC2=C(C(=O)c3ccccc32)[C@@H]1c1cc(Cl)c(OCc2ccccc2)c(OC)c1. The van der Waals surface area contributed by atoms with E-state index in [0.29, 0.717) is 56.8 Å². The number of ketones is 1. The lowest BCUT2D eigenvalue weighted by Gasteiger charge is -2.29. The third-order valence-electron chi connectivity index (χ3n) is 6.47. The van der Waals surface area contributed by atoms with Gasteiger partial charge in [-0.1, -0.05) is 66.2 Å². The van der Waals surface area contributed by atoms with Crippen molar-refractivity contribution in [3.05, 3.63) is 111 Å². The van der Waals surface area contributed by atoms with E-state index in [9.17, 15) is 9.59 Å². The van der Waals surface area contributed by atoms with E-state index in [-0.39, 0.29) is 5.78 Å². The van der Waals surface area contributed by atoms with Gasteiger partial charge in [0.25, 0.3) is 0 Å². The molecular weight excluding hydrogens is 478 g/mol. The van der Waals surface area contributed by atoms with Crippen LogP contribution < -0.4 is 14.8 Å². The topological polar surface area (TPSA) is 73.9 Å². The summed E-state index contributed by atoms with van der Waals surface area (Å²) in [6.07, 6.45) is 0. The zero-order valence-corrected chi connectivity index (χ0v) is 20.8. The number of allylic oxidation sites excluding steroid dienone is 2. The van der Waals surface area contributed by atoms with Crippen LogP contribution in [0.25, 0.3) is 5.70 Å². The zero-order valence-electron chi connectivity index (χ0n) is 20.1. The first-order valence-electron chi connectivity index (χ1n) is 11.4. The van der Waals surface area contributed by atoms with Crippen molar-refractivity contribution in [2.24, 2.45) is 0 Å². The number of halogens is 1. The highest BCUT2D eigenvalue weighted by atomic mass is 35.5. The first-order chi connectivity index (χ1) is 17.4. The summed E-state index contributed by atoms with van der Waals surface area (Å²) in [7, 11) is 2.85. The van der Waals surface area contributed by atoms with Crippen LogP contribution in [0.2, 0.25) is 5.02 Å². The number of benzene rings is 3. The lowest BCUT2D eigenvalue weighted by Crippen LogP contribution is -2.29. The van der Waals surface area contributed by atoms with Gasteiger partial charge in [-0.15, -0.1) is 0 Å². The Morgan fingerprint density at radius 2 is 1.69 bits per heavy atom. The van der Waals surface area contributed by atoms with Crippen LogP contribution in [-0.4, -0.2) is 26.0 Å². The van der Waals surface area contributed by atoms with Crippen LogP contribution in [0.1, 0.15) is 39.9 Å². The molecule has 0 amide bonds. The summed E-state index contributed by atoms with van der Waals surface area (Å²) in [6, 6.07) is 20.6. The van der Waals surface area contributed by atoms with Crippen molar-refractivity contribution in [2.75, 3.05) is 14.2 Å². The number of carbonyl (C=O) groups excluding carboxylic acids is 2. The van der Waals surface area contributed by atoms with E-state index >= 15 is 0 Å². The quantitative estimate of drug-likeness (QED) is 0.439. The Bertz CT molecular complexity index is 1440. The van der Waals surface area contributed by atoms with Crippen LogP contribution in [0, 0.1) is 0 Å². The lowest BCUT2D eigenvalue weighted by molar-refractivity contribution is -0.136. The standard InChI is InChI=1S/C29H24ClNO5/c1-16-23(29(33)35-3)24(25-26(31-16)19-11-7-8-12-20(19)27(25)32)18-13-21(30)28(22(14-18)34-2)36-15-17-9-5-4-6-10-17/h4-14,24,31H,15H2,1-3H3/t24-/m1/s1. The number of dihydropyridines is 1. The molecule has 0 spiro atoms. The van der Waals surface area contributed by atoms with Gasteiger partial charge >= 0.3 is 5.97 Å². The molecular formula is C29H24ClNO5. The molecule has 0 radical (unpaired) electrons. The third-order valence-corrected chi connectivity index (χ3v) is 6.75. The summed E-state index contributed by atoms with van der Waals surface area (Å²) in [5.74, 6) is -0.593. The summed E-state index contributed by atoms with van der Waals surface area (Å²) < 4.78 is 16.8. The largest absolute Gasteiger partial charge is 0.493 e. The number of carbonyl (C=O) groups is 2. The molecule has 5 rings (SSSR count). The van der Waals surface area contributed by atoms with Gasteiger partial charge in [0.1, 0.15) is 6.61 Å². The minimum atomic E-state index is -0.705. The van der Waals surface area contributed by atoms with Gasteiger partial charge in [0.15, 0.2) is 17.3 Å². The third kappa shape index (κ3) is 3.93. The van der Waals surface area contributed by atoms with E-state index in [4.69, 9.17) is 25.8 Å². The van der Waals surface area contributed by atoms with Gasteiger partial charge in [-0.3, -0.25) is 4.79 Å². The summed E-state index contributed by atoms with van der Waals surface area (Å²) >= 11 is 6.71. The predicted octanol–water partition coefficient (Wildman–Crippen LogP) is 5.67. The van der Waals surface area contributed by atoms with Gasteiger partial charge in [-0.25, -0.2) is 4.79 Å². The molecule has 1 aliphatic heterocycles. The molecule has 0 aromatic heterocycles. The van der Waals surface area contributed by atoms with Gasteiger partial charge < -0.3 is 19.5 Å². The fraction of sp³-hybridized carbons (Fsp3) is 0.172. The molecule has 3 aromatic rings. The average Bonchev–Trinajstić information content (AvgIpc) is 3.18. The number of methoxy groups -OCH3 is 2. The van der Waals surface area contributed by atoms with Gasteiger partial charge in [0.05, 0.1) is 30.5 Å². The van der Waals surface area contributed by atoms with Crippen LogP contribution in [-0.2, 0) is 16.1 Å². The monoisotopic (exact) mass is 501 g/mol. The number of fused-ring (bicyclic) bond motifs is 2. The van der Waals surface area contributed by atoms with Crippen LogP contribution in [0.15, 0.2) is 83.6 Å². The van der Waals surface area contributed by atoms with Crippen molar-refractivity contribution in [1.82, 2.24) is 5.32 Å². The first-order valence-corrected chi connectivity index (χ1v) is 11.8. The Kier molecular flexibility index (Phi) is 6.29. The molecule has 7 heteroatoms. The van der Waals surface area contributed by atoms with E-state index in [1.165, 1.54) is 14.2 Å². The molecule has 1 heterocycles. The fourth-order valence-corrected chi connectivity index (χ4v) is 5.09. The maximum absolute atomic E-state index is 13.6. The smallest absolute Gasteiger partial charge is 0.336 e. The number of ether oxygens (including phenoxy) is 3. The second kappa shape index (κ2) is 9.55. The highest BCUT2D eigenvalue weighted by molar-refractivity contribution is 6.32. The molecule has 2 aliphatic rings. The van der Waals surface area contributed by atoms with E-state index in [1.54, 1.807) is 25.1 Å². The maximum Gasteiger partial charge on any atom is 0.336 e. The second-order valence-corrected chi connectivity index (χ2v) is 8.97. The molecule has 36 heavy (non-hydrogen) atoms. The Balaban J connectivity index is 1.62. The maximum atomic E-state index is 13.6. The molecule has 0 unspecified atom stereocenters. The Morgan fingerprint density at radius 1 is 1.00 bits per heavy atom. The van der Waals surface area contributed by atoms with Crippen LogP contribution in [0.3, 0.4) is 0 Å². The minimum Gasteiger partial charge on any atom is -0.493 e. The predicted molar refractivity (Wildman–Crippen MR) is 137 cm³/mol. The van der Waals surface area contributed by atoms with E-state index in [2.05, 4.69) is 5.32 Å². The lowest BCUT2D eigenvalue weighted by atomic mass is 9.79. The van der Waals surface area contributed by atoms with Crippen LogP contribution >= 0.6 is 11.6 Å². The van der Waals surface area contributed by atoms with Crippen molar-refractivity contribution in [3.63, 3.8) is 0 Å². The average molecular weight is 502 g/mol. The number of Topliss-reactive ketones (excluding diaryl/α,β-unsaturated/α-hetero) is 1. The molecule has 0 saturated carbocycles. The highest BCUT2D eigenvalue weighted by Crippen LogP contribution is 2.49. The fourth-order valence-electron chi connectivity index (χ4n) is 4.82. The van der Waals surface area contributed by atoms with Gasteiger partial charge in [0, 0.05) is 28.3 Å². The molecule has 1 aliphatic carbocycles. The normalized spacial score (nSPS) is 16.3. The van der Waals surface area contributed by atoms with Crippen molar-refractivity contribution < 1.29 is 23.8 Å². The van der Waals surface area contributed by atoms with Gasteiger partial charge in [-0.05, 0) is 30.2 Å². The molecule has 182 valence electrons. The van der Waals surface area contributed by atoms with Crippen LogP contribution in [0.5, 0.6) is 11.5 Å². The van der Waals surface area contributed by atoms with Crippen LogP contribution in [0.4, 0.5) is 0 Å². The molecule has 3 aromatic carbocycles. The summed E-state index contributed by atoms with van der Waals surface area (Å²) in [5, 5.41) is 3.58. The minimum absolute atomic E-state index is 0.147.